The number of aliphatic carboxylic acids is 1. The average Bonchev–Trinajstić information content (AvgIpc) is 2.83. The van der Waals surface area contributed by atoms with Gasteiger partial charge in [-0.2, -0.15) is 0 Å². The summed E-state index contributed by atoms with van der Waals surface area (Å²) in [5, 5.41) is 18.9. The predicted molar refractivity (Wildman–Crippen MR) is 63.7 cm³/mol. The number of carboxylic acid groups (broad SMARTS) is 1. The summed E-state index contributed by atoms with van der Waals surface area (Å²) < 4.78 is 18.4. The van der Waals surface area contributed by atoms with E-state index < -0.39 is 5.97 Å². The van der Waals surface area contributed by atoms with E-state index in [-0.39, 0.29) is 24.7 Å². The molecule has 0 aliphatic heterocycles. The molecule has 0 aliphatic rings. The zero-order valence-electron chi connectivity index (χ0n) is 9.97. The number of rotatable bonds is 6. The largest absolute Gasteiger partial charge is 0.481 e. The molecule has 1 heterocycles. The van der Waals surface area contributed by atoms with Crippen LogP contribution in [0.4, 0.5) is 4.39 Å². The van der Waals surface area contributed by atoms with Crippen LogP contribution in [0.5, 0.6) is 0 Å². The summed E-state index contributed by atoms with van der Waals surface area (Å²) in [5.74, 6) is -0.700. The second-order valence-electron chi connectivity index (χ2n) is 3.83. The molecule has 0 atom stereocenters. The van der Waals surface area contributed by atoms with Crippen LogP contribution in [0.1, 0.15) is 12.3 Å². The molecule has 0 saturated carbocycles. The first-order valence-corrected chi connectivity index (χ1v) is 5.66. The van der Waals surface area contributed by atoms with E-state index in [1.165, 1.54) is 12.1 Å². The van der Waals surface area contributed by atoms with Crippen LogP contribution in [-0.4, -0.2) is 27.8 Å². The number of hydrogen-bond acceptors (Lipinski definition) is 5. The van der Waals surface area contributed by atoms with Gasteiger partial charge in [-0.25, -0.2) is 4.39 Å². The van der Waals surface area contributed by atoms with Gasteiger partial charge >= 0.3 is 5.97 Å². The molecule has 0 fully saturated rings. The molecule has 100 valence electrons. The summed E-state index contributed by atoms with van der Waals surface area (Å²) in [7, 11) is 0. The summed E-state index contributed by atoms with van der Waals surface area (Å²) >= 11 is 0. The molecule has 0 unspecified atom stereocenters. The van der Waals surface area contributed by atoms with E-state index in [2.05, 4.69) is 15.5 Å². The van der Waals surface area contributed by atoms with Crippen LogP contribution in [0.15, 0.2) is 28.7 Å². The second kappa shape index (κ2) is 6.05. The van der Waals surface area contributed by atoms with Gasteiger partial charge in [0, 0.05) is 12.1 Å². The van der Waals surface area contributed by atoms with Crippen LogP contribution >= 0.6 is 0 Å². The summed E-state index contributed by atoms with van der Waals surface area (Å²) in [6.07, 6.45) is 0.0187. The fraction of sp³-hybridized carbons (Fsp3) is 0.250. The van der Waals surface area contributed by atoms with E-state index in [0.29, 0.717) is 18.0 Å². The summed E-state index contributed by atoms with van der Waals surface area (Å²) in [5.41, 5.74) is 0.504. The third-order valence-electron chi connectivity index (χ3n) is 2.33. The fourth-order valence-corrected chi connectivity index (χ4v) is 1.45. The number of nitrogens with one attached hydrogen (secondary N) is 1. The molecular weight excluding hydrogens is 253 g/mol. The van der Waals surface area contributed by atoms with Gasteiger partial charge in [-0.05, 0) is 18.2 Å². The fourth-order valence-electron chi connectivity index (χ4n) is 1.45. The van der Waals surface area contributed by atoms with E-state index in [4.69, 9.17) is 9.52 Å². The molecule has 0 amide bonds. The van der Waals surface area contributed by atoms with Crippen molar-refractivity contribution in [1.82, 2.24) is 15.5 Å². The highest BCUT2D eigenvalue weighted by Crippen LogP contribution is 2.18. The number of benzene rings is 1. The van der Waals surface area contributed by atoms with E-state index in [0.717, 1.165) is 0 Å². The monoisotopic (exact) mass is 265 g/mol. The Morgan fingerprint density at radius 3 is 3.00 bits per heavy atom. The number of aromatic nitrogens is 2. The lowest BCUT2D eigenvalue weighted by Crippen LogP contribution is -2.17. The van der Waals surface area contributed by atoms with Crippen molar-refractivity contribution in [3.8, 4) is 11.5 Å². The minimum atomic E-state index is -0.876. The Morgan fingerprint density at radius 2 is 2.26 bits per heavy atom. The summed E-state index contributed by atoms with van der Waals surface area (Å²) in [6.45, 7) is 0.586. The van der Waals surface area contributed by atoms with Gasteiger partial charge in [0.25, 0.3) is 0 Å². The molecule has 1 aromatic heterocycles. The molecule has 2 aromatic rings. The highest BCUT2D eigenvalue weighted by atomic mass is 19.1. The molecule has 0 bridgehead atoms. The number of nitrogens with zero attached hydrogens (tertiary/aromatic N) is 2. The molecule has 1 aromatic carbocycles. The Labute approximate surface area is 108 Å². The van der Waals surface area contributed by atoms with Crippen LogP contribution in [0.2, 0.25) is 0 Å². The zero-order valence-corrected chi connectivity index (χ0v) is 9.97. The highest BCUT2D eigenvalue weighted by molar-refractivity contribution is 5.66. The number of halogens is 1. The molecule has 7 heteroatoms. The zero-order chi connectivity index (χ0) is 13.7. The van der Waals surface area contributed by atoms with Gasteiger partial charge in [-0.1, -0.05) is 6.07 Å². The predicted octanol–water partition coefficient (Wildman–Crippen LogP) is 1.44. The Kier molecular flexibility index (Phi) is 4.19. The molecule has 0 saturated heterocycles. The molecule has 19 heavy (non-hydrogen) atoms. The number of carbonyl (C=O) groups is 1. The molecular formula is C12H12FN3O3. The van der Waals surface area contributed by atoms with Gasteiger partial charge < -0.3 is 14.8 Å². The SMILES string of the molecule is O=C(O)CCNCc1nnc(-c2cccc(F)c2)o1. The first kappa shape index (κ1) is 13.2. The lowest BCUT2D eigenvalue weighted by atomic mass is 10.2. The molecule has 6 nitrogen and oxygen atoms in total. The van der Waals surface area contributed by atoms with E-state index >= 15 is 0 Å². The molecule has 2 N–H and O–H groups in total. The van der Waals surface area contributed by atoms with Crippen LogP contribution in [0.3, 0.4) is 0 Å². The first-order valence-electron chi connectivity index (χ1n) is 5.66. The van der Waals surface area contributed by atoms with Crippen LogP contribution in [0, 0.1) is 5.82 Å². The van der Waals surface area contributed by atoms with Gasteiger partial charge in [0.1, 0.15) is 5.82 Å². The third kappa shape index (κ3) is 3.85. The third-order valence-corrected chi connectivity index (χ3v) is 2.33. The van der Waals surface area contributed by atoms with Gasteiger partial charge in [-0.3, -0.25) is 4.79 Å². The average molecular weight is 265 g/mol. The van der Waals surface area contributed by atoms with Gasteiger partial charge in [-0.15, -0.1) is 10.2 Å². The molecule has 0 spiro atoms. The second-order valence-corrected chi connectivity index (χ2v) is 3.83. The molecule has 0 radical (unpaired) electrons. The summed E-state index contributed by atoms with van der Waals surface area (Å²) in [6, 6.07) is 5.85. The van der Waals surface area contributed by atoms with Crippen LogP contribution in [0.25, 0.3) is 11.5 Å². The topological polar surface area (TPSA) is 88.2 Å². The van der Waals surface area contributed by atoms with E-state index in [1.807, 2.05) is 0 Å². The Bertz CT molecular complexity index is 571. The number of hydrogen-bond donors (Lipinski definition) is 2. The van der Waals surface area contributed by atoms with Crippen molar-refractivity contribution in [2.75, 3.05) is 6.54 Å². The smallest absolute Gasteiger partial charge is 0.304 e. The van der Waals surface area contributed by atoms with Gasteiger partial charge in [0.05, 0.1) is 13.0 Å². The normalized spacial score (nSPS) is 10.6. The lowest BCUT2D eigenvalue weighted by Gasteiger charge is -1.98. The Balaban J connectivity index is 1.94. The van der Waals surface area contributed by atoms with Crippen molar-refractivity contribution in [1.29, 1.82) is 0 Å². The van der Waals surface area contributed by atoms with Crippen molar-refractivity contribution >= 4 is 5.97 Å². The van der Waals surface area contributed by atoms with Crippen molar-refractivity contribution in [3.63, 3.8) is 0 Å². The van der Waals surface area contributed by atoms with Gasteiger partial charge in [0.2, 0.25) is 11.8 Å². The summed E-state index contributed by atoms with van der Waals surface area (Å²) in [4.78, 5) is 10.3. The standard InChI is InChI=1S/C12H12FN3O3/c13-9-3-1-2-8(6-9)12-16-15-10(19-12)7-14-5-4-11(17)18/h1-3,6,14H,4-5,7H2,(H,17,18). The van der Waals surface area contributed by atoms with E-state index in [9.17, 15) is 9.18 Å². The quantitative estimate of drug-likeness (QED) is 0.768. The minimum absolute atomic E-state index is 0.0187. The van der Waals surface area contributed by atoms with E-state index in [1.54, 1.807) is 12.1 Å². The molecule has 0 aliphatic carbocycles. The highest BCUT2D eigenvalue weighted by Gasteiger charge is 2.08. The first-order chi connectivity index (χ1) is 9.15. The number of carboxylic acids is 1. The lowest BCUT2D eigenvalue weighted by molar-refractivity contribution is -0.136. The van der Waals surface area contributed by atoms with Crippen molar-refractivity contribution in [2.45, 2.75) is 13.0 Å². The maximum Gasteiger partial charge on any atom is 0.304 e. The van der Waals surface area contributed by atoms with Crippen LogP contribution in [-0.2, 0) is 11.3 Å². The van der Waals surface area contributed by atoms with Crippen molar-refractivity contribution in [3.05, 3.63) is 36.0 Å². The minimum Gasteiger partial charge on any atom is -0.481 e. The molecule has 2 rings (SSSR count). The maximum absolute atomic E-state index is 13.0. The Hall–Kier alpha value is -2.28. The van der Waals surface area contributed by atoms with Gasteiger partial charge in [0.15, 0.2) is 0 Å². The van der Waals surface area contributed by atoms with Crippen molar-refractivity contribution in [2.24, 2.45) is 0 Å². The van der Waals surface area contributed by atoms with Crippen LogP contribution < -0.4 is 5.32 Å². The van der Waals surface area contributed by atoms with Crippen molar-refractivity contribution < 1.29 is 18.7 Å². The maximum atomic E-state index is 13.0. The Morgan fingerprint density at radius 1 is 1.42 bits per heavy atom.